The Balaban J connectivity index is 2.38. The van der Waals surface area contributed by atoms with E-state index >= 15 is 0 Å². The third kappa shape index (κ3) is 5.05. The van der Waals surface area contributed by atoms with Crippen LogP contribution in [0.1, 0.15) is 56.3 Å². The van der Waals surface area contributed by atoms with Crippen molar-refractivity contribution >= 4 is 17.5 Å². The lowest BCUT2D eigenvalue weighted by Gasteiger charge is -2.14. The first-order valence-corrected chi connectivity index (χ1v) is 6.93. The third-order valence-electron chi connectivity index (χ3n) is 2.88. The fraction of sp³-hybridized carbons (Fsp3) is 0.571. The van der Waals surface area contributed by atoms with Crippen molar-refractivity contribution in [2.75, 3.05) is 0 Å². The van der Waals surface area contributed by atoms with Crippen LogP contribution in [0.15, 0.2) is 18.5 Å². The summed E-state index contributed by atoms with van der Waals surface area (Å²) in [5.74, 6) is -0.143. The molecule has 3 nitrogen and oxygen atoms in total. The smallest absolute Gasteiger partial charge is 0.254 e. The molecule has 0 aliphatic rings. The fourth-order valence-corrected chi connectivity index (χ4v) is 1.99. The van der Waals surface area contributed by atoms with Crippen molar-refractivity contribution in [1.29, 1.82) is 0 Å². The van der Waals surface area contributed by atoms with Gasteiger partial charge in [0.15, 0.2) is 0 Å². The Morgan fingerprint density at radius 1 is 1.44 bits per heavy atom. The number of unbranched alkanes of at least 4 members (excludes halogenated alkanes) is 3. The molecule has 0 bridgehead atoms. The molecule has 1 aromatic rings. The quantitative estimate of drug-likeness (QED) is 0.764. The molecule has 1 amide bonds. The van der Waals surface area contributed by atoms with Crippen LogP contribution >= 0.6 is 11.6 Å². The molecule has 0 aliphatic carbocycles. The Morgan fingerprint density at radius 2 is 2.22 bits per heavy atom. The van der Waals surface area contributed by atoms with Gasteiger partial charge in [0.25, 0.3) is 5.91 Å². The van der Waals surface area contributed by atoms with Gasteiger partial charge in [0, 0.05) is 18.4 Å². The van der Waals surface area contributed by atoms with Gasteiger partial charge in [-0.2, -0.15) is 0 Å². The van der Waals surface area contributed by atoms with Gasteiger partial charge in [-0.3, -0.25) is 9.78 Å². The Morgan fingerprint density at radius 3 is 2.89 bits per heavy atom. The van der Waals surface area contributed by atoms with Crippen molar-refractivity contribution in [1.82, 2.24) is 10.3 Å². The zero-order valence-electron chi connectivity index (χ0n) is 11.1. The zero-order valence-corrected chi connectivity index (χ0v) is 11.8. The lowest BCUT2D eigenvalue weighted by Crippen LogP contribution is -2.32. The molecule has 1 N–H and O–H groups in total. The van der Waals surface area contributed by atoms with E-state index in [-0.39, 0.29) is 11.9 Å². The number of nitrogens with zero attached hydrogens (tertiary/aromatic N) is 1. The first kappa shape index (κ1) is 15.0. The summed E-state index contributed by atoms with van der Waals surface area (Å²) >= 11 is 5.95. The van der Waals surface area contributed by atoms with E-state index in [0.29, 0.717) is 10.6 Å². The fourth-order valence-electron chi connectivity index (χ4n) is 1.80. The number of aromatic nitrogens is 1. The third-order valence-corrected chi connectivity index (χ3v) is 3.21. The molecule has 1 unspecified atom stereocenters. The van der Waals surface area contributed by atoms with Crippen molar-refractivity contribution in [3.05, 3.63) is 29.0 Å². The van der Waals surface area contributed by atoms with E-state index in [9.17, 15) is 4.79 Å². The molecule has 0 fully saturated rings. The molecule has 0 aliphatic heterocycles. The molecule has 4 heteroatoms. The summed E-state index contributed by atoms with van der Waals surface area (Å²) < 4.78 is 0. The van der Waals surface area contributed by atoms with E-state index in [1.807, 2.05) is 6.92 Å². The second-order valence-electron chi connectivity index (χ2n) is 4.58. The van der Waals surface area contributed by atoms with E-state index in [1.54, 1.807) is 12.3 Å². The molecule has 18 heavy (non-hydrogen) atoms. The first-order valence-electron chi connectivity index (χ1n) is 6.55. The van der Waals surface area contributed by atoms with Crippen LogP contribution in [0.4, 0.5) is 0 Å². The van der Waals surface area contributed by atoms with Crippen molar-refractivity contribution in [2.24, 2.45) is 0 Å². The van der Waals surface area contributed by atoms with Crippen molar-refractivity contribution < 1.29 is 4.79 Å². The summed E-state index contributed by atoms with van der Waals surface area (Å²) in [6.45, 7) is 4.21. The first-order chi connectivity index (χ1) is 8.65. The Kier molecular flexibility index (Phi) is 6.73. The molecule has 0 aromatic carbocycles. The van der Waals surface area contributed by atoms with E-state index in [4.69, 9.17) is 11.6 Å². The predicted octanol–water partition coefficient (Wildman–Crippen LogP) is 3.82. The molecule has 1 heterocycles. The molecule has 0 radical (unpaired) electrons. The summed E-state index contributed by atoms with van der Waals surface area (Å²) in [6, 6.07) is 1.80. The lowest BCUT2D eigenvalue weighted by atomic mass is 10.1. The van der Waals surface area contributed by atoms with Gasteiger partial charge in [-0.05, 0) is 19.4 Å². The molecule has 0 saturated carbocycles. The van der Waals surface area contributed by atoms with Gasteiger partial charge < -0.3 is 5.32 Å². The second-order valence-corrected chi connectivity index (χ2v) is 4.99. The number of carbonyl (C=O) groups is 1. The SMILES string of the molecule is CCCCCCC(C)NC(=O)c1cnccc1Cl. The minimum absolute atomic E-state index is 0.143. The summed E-state index contributed by atoms with van der Waals surface area (Å²) in [5.41, 5.74) is 0.444. The van der Waals surface area contributed by atoms with Crippen molar-refractivity contribution in [2.45, 2.75) is 52.0 Å². The zero-order chi connectivity index (χ0) is 13.4. The van der Waals surface area contributed by atoms with Crippen LogP contribution in [0.2, 0.25) is 5.02 Å². The average Bonchev–Trinajstić information content (AvgIpc) is 2.35. The highest BCUT2D eigenvalue weighted by Gasteiger charge is 2.12. The van der Waals surface area contributed by atoms with Crippen LogP contribution in [0.5, 0.6) is 0 Å². The van der Waals surface area contributed by atoms with Crippen LogP contribution in [0.25, 0.3) is 0 Å². The maximum atomic E-state index is 11.9. The summed E-state index contributed by atoms with van der Waals surface area (Å²) in [6.07, 6.45) is 8.94. The maximum Gasteiger partial charge on any atom is 0.254 e. The van der Waals surface area contributed by atoms with Crippen LogP contribution in [0.3, 0.4) is 0 Å². The highest BCUT2D eigenvalue weighted by atomic mass is 35.5. The van der Waals surface area contributed by atoms with E-state index in [1.165, 1.54) is 25.5 Å². The second kappa shape index (κ2) is 8.09. The van der Waals surface area contributed by atoms with Gasteiger partial charge in [0.1, 0.15) is 0 Å². The van der Waals surface area contributed by atoms with Gasteiger partial charge in [-0.25, -0.2) is 0 Å². The van der Waals surface area contributed by atoms with Crippen LogP contribution in [0, 0.1) is 0 Å². The largest absolute Gasteiger partial charge is 0.349 e. The molecule has 100 valence electrons. The number of hydrogen-bond donors (Lipinski definition) is 1. The number of carbonyl (C=O) groups excluding carboxylic acids is 1. The minimum Gasteiger partial charge on any atom is -0.349 e. The standard InChI is InChI=1S/C14H21ClN2O/c1-3-4-5-6-7-11(2)17-14(18)12-10-16-9-8-13(12)15/h8-11H,3-7H2,1-2H3,(H,17,18). The normalized spacial score (nSPS) is 12.2. The maximum absolute atomic E-state index is 11.9. The van der Waals surface area contributed by atoms with E-state index < -0.39 is 0 Å². The molecule has 0 saturated heterocycles. The van der Waals surface area contributed by atoms with Gasteiger partial charge in [0.05, 0.1) is 10.6 Å². The minimum atomic E-state index is -0.143. The van der Waals surface area contributed by atoms with E-state index in [0.717, 1.165) is 12.8 Å². The van der Waals surface area contributed by atoms with Gasteiger partial charge in [-0.15, -0.1) is 0 Å². The van der Waals surface area contributed by atoms with Crippen LogP contribution < -0.4 is 5.32 Å². The Labute approximate surface area is 114 Å². The van der Waals surface area contributed by atoms with Crippen molar-refractivity contribution in [3.63, 3.8) is 0 Å². The lowest BCUT2D eigenvalue weighted by molar-refractivity contribution is 0.0937. The number of nitrogens with one attached hydrogen (secondary N) is 1. The Bertz CT molecular complexity index is 382. The number of pyridine rings is 1. The molecular weight excluding hydrogens is 248 g/mol. The number of hydrogen-bond acceptors (Lipinski definition) is 2. The summed E-state index contributed by atoms with van der Waals surface area (Å²) in [4.78, 5) is 15.8. The summed E-state index contributed by atoms with van der Waals surface area (Å²) in [7, 11) is 0. The predicted molar refractivity (Wildman–Crippen MR) is 74.9 cm³/mol. The van der Waals surface area contributed by atoms with Gasteiger partial charge in [0.2, 0.25) is 0 Å². The van der Waals surface area contributed by atoms with Crippen molar-refractivity contribution in [3.8, 4) is 0 Å². The molecule has 1 rings (SSSR count). The molecule has 1 aromatic heterocycles. The number of halogens is 1. The van der Waals surface area contributed by atoms with E-state index in [2.05, 4.69) is 17.2 Å². The van der Waals surface area contributed by atoms with Crippen LogP contribution in [-0.4, -0.2) is 16.9 Å². The number of amides is 1. The number of rotatable bonds is 7. The molecular formula is C14H21ClN2O. The highest BCUT2D eigenvalue weighted by Crippen LogP contribution is 2.14. The van der Waals surface area contributed by atoms with Gasteiger partial charge >= 0.3 is 0 Å². The average molecular weight is 269 g/mol. The molecule has 1 atom stereocenters. The molecule has 0 spiro atoms. The topological polar surface area (TPSA) is 42.0 Å². The van der Waals surface area contributed by atoms with Crippen LogP contribution in [-0.2, 0) is 0 Å². The van der Waals surface area contributed by atoms with Gasteiger partial charge in [-0.1, -0.05) is 44.2 Å². The summed E-state index contributed by atoms with van der Waals surface area (Å²) in [5, 5.41) is 3.40. The monoisotopic (exact) mass is 268 g/mol. The Hall–Kier alpha value is -1.09. The highest BCUT2D eigenvalue weighted by molar-refractivity contribution is 6.33.